The second-order valence-electron chi connectivity index (χ2n) is 7.72. The largest absolute Gasteiger partial charge is 0.306 e. The summed E-state index contributed by atoms with van der Waals surface area (Å²) in [5, 5.41) is 8.26. The number of rotatable bonds is 6. The molecule has 0 aliphatic heterocycles. The zero-order chi connectivity index (χ0) is 21.0. The fraction of sp³-hybridized carbons (Fsp3) is 0.318. The van der Waals surface area contributed by atoms with Crippen molar-refractivity contribution < 1.29 is 9.18 Å². The zero-order valence-electron chi connectivity index (χ0n) is 17.1. The monoisotopic (exact) mass is 412 g/mol. The van der Waals surface area contributed by atoms with Gasteiger partial charge in [0.25, 0.3) is 5.91 Å². The number of thioether (sulfide) groups is 1. The van der Waals surface area contributed by atoms with E-state index in [1.54, 1.807) is 46.9 Å². The summed E-state index contributed by atoms with van der Waals surface area (Å²) >= 11 is 1.55. The van der Waals surface area contributed by atoms with Gasteiger partial charge in [-0.3, -0.25) is 4.79 Å². The van der Waals surface area contributed by atoms with Gasteiger partial charge in [0.05, 0.1) is 16.9 Å². The van der Waals surface area contributed by atoms with Gasteiger partial charge in [0.1, 0.15) is 16.7 Å². The highest BCUT2D eigenvalue weighted by molar-refractivity contribution is 7.99. The van der Waals surface area contributed by atoms with Crippen molar-refractivity contribution in [3.63, 3.8) is 0 Å². The Labute approximate surface area is 174 Å². The Morgan fingerprint density at radius 1 is 1.21 bits per heavy atom. The highest BCUT2D eigenvalue weighted by Gasteiger charge is 2.22. The van der Waals surface area contributed by atoms with Crippen LogP contribution in [0.25, 0.3) is 5.69 Å². The molecule has 0 aliphatic carbocycles. The molecule has 3 aromatic rings. The van der Waals surface area contributed by atoms with Gasteiger partial charge in [0, 0.05) is 17.7 Å². The Morgan fingerprint density at radius 3 is 2.69 bits per heavy atom. The Hall–Kier alpha value is -2.67. The van der Waals surface area contributed by atoms with Crippen molar-refractivity contribution in [2.75, 3.05) is 11.1 Å². The van der Waals surface area contributed by atoms with Crippen LogP contribution in [0.15, 0.2) is 53.7 Å². The predicted octanol–water partition coefficient (Wildman–Crippen LogP) is 5.46. The maximum Gasteiger partial charge on any atom is 0.259 e. The normalized spacial score (nSPS) is 11.5. The Kier molecular flexibility index (Phi) is 6.37. The van der Waals surface area contributed by atoms with Gasteiger partial charge >= 0.3 is 0 Å². The van der Waals surface area contributed by atoms with Crippen LogP contribution in [-0.2, 0) is 5.41 Å². The molecular weight excluding hydrogens is 387 g/mol. The molecule has 29 heavy (non-hydrogen) atoms. The van der Waals surface area contributed by atoms with Crippen LogP contribution in [0.4, 0.5) is 10.2 Å². The van der Waals surface area contributed by atoms with Crippen molar-refractivity contribution in [1.29, 1.82) is 0 Å². The van der Waals surface area contributed by atoms with Crippen LogP contribution >= 0.6 is 11.8 Å². The van der Waals surface area contributed by atoms with E-state index in [1.807, 2.05) is 26.8 Å². The summed E-state index contributed by atoms with van der Waals surface area (Å²) in [6.07, 6.45) is 2.67. The minimum atomic E-state index is -0.363. The first-order valence-electron chi connectivity index (χ1n) is 9.55. The molecule has 0 atom stereocenters. The number of nitrogens with zero attached hydrogens (tertiary/aromatic N) is 3. The molecule has 0 saturated heterocycles. The summed E-state index contributed by atoms with van der Waals surface area (Å²) in [6.45, 7) is 8.20. The second-order valence-corrected chi connectivity index (χ2v) is 8.80. The minimum Gasteiger partial charge on any atom is -0.306 e. The van der Waals surface area contributed by atoms with Crippen molar-refractivity contribution in [3.05, 3.63) is 65.7 Å². The molecule has 1 amide bonds. The third-order valence-electron chi connectivity index (χ3n) is 4.23. The number of nitrogens with one attached hydrogen (secondary N) is 1. The van der Waals surface area contributed by atoms with Gasteiger partial charge in [-0.1, -0.05) is 33.8 Å². The first-order chi connectivity index (χ1) is 13.8. The van der Waals surface area contributed by atoms with E-state index in [0.717, 1.165) is 17.9 Å². The molecule has 1 aromatic carbocycles. The fourth-order valence-electron chi connectivity index (χ4n) is 2.70. The van der Waals surface area contributed by atoms with Gasteiger partial charge in [-0.15, -0.1) is 11.8 Å². The van der Waals surface area contributed by atoms with Crippen molar-refractivity contribution in [3.8, 4) is 5.69 Å². The maximum atomic E-state index is 13.8. The van der Waals surface area contributed by atoms with Crippen LogP contribution in [0.3, 0.4) is 0 Å². The molecule has 0 spiro atoms. The molecule has 7 heteroatoms. The third-order valence-corrected chi connectivity index (χ3v) is 5.44. The summed E-state index contributed by atoms with van der Waals surface area (Å²) in [5.41, 5.74) is 1.62. The third kappa shape index (κ3) is 5.03. The molecule has 0 unspecified atom stereocenters. The quantitative estimate of drug-likeness (QED) is 0.546. The summed E-state index contributed by atoms with van der Waals surface area (Å²) in [4.78, 5) is 17.4. The number of benzene rings is 1. The van der Waals surface area contributed by atoms with E-state index in [9.17, 15) is 9.18 Å². The number of anilines is 1. The SMILES string of the molecule is CCCSc1ncccc1C(=O)Nc1cc(C(C)(C)C)nn1-c1cccc(F)c1. The average Bonchev–Trinajstić information content (AvgIpc) is 3.11. The van der Waals surface area contributed by atoms with Gasteiger partial charge in [-0.05, 0) is 42.5 Å². The van der Waals surface area contributed by atoms with E-state index in [1.165, 1.54) is 12.1 Å². The van der Waals surface area contributed by atoms with E-state index < -0.39 is 0 Å². The van der Waals surface area contributed by atoms with Crippen molar-refractivity contribution in [1.82, 2.24) is 14.8 Å². The lowest BCUT2D eigenvalue weighted by atomic mass is 9.92. The zero-order valence-corrected chi connectivity index (χ0v) is 17.9. The number of carbonyl (C=O) groups excluding carboxylic acids is 1. The van der Waals surface area contributed by atoms with Crippen LogP contribution in [0, 0.1) is 5.82 Å². The van der Waals surface area contributed by atoms with Crippen LogP contribution in [0.1, 0.15) is 50.2 Å². The molecular formula is C22H25FN4OS. The number of hydrogen-bond donors (Lipinski definition) is 1. The molecule has 2 heterocycles. The summed E-state index contributed by atoms with van der Waals surface area (Å²) < 4.78 is 15.4. The minimum absolute atomic E-state index is 0.228. The molecule has 0 radical (unpaired) electrons. The van der Waals surface area contributed by atoms with Crippen LogP contribution in [0.2, 0.25) is 0 Å². The van der Waals surface area contributed by atoms with Gasteiger partial charge in [-0.25, -0.2) is 14.1 Å². The van der Waals surface area contributed by atoms with E-state index in [-0.39, 0.29) is 17.1 Å². The Balaban J connectivity index is 1.98. The summed E-state index contributed by atoms with van der Waals surface area (Å²) in [5.74, 6) is 0.737. The number of carbonyl (C=O) groups is 1. The molecule has 0 fully saturated rings. The number of aromatic nitrogens is 3. The van der Waals surface area contributed by atoms with Gasteiger partial charge < -0.3 is 5.32 Å². The predicted molar refractivity (Wildman–Crippen MR) is 115 cm³/mol. The molecule has 5 nitrogen and oxygen atoms in total. The van der Waals surface area contributed by atoms with E-state index in [0.29, 0.717) is 22.1 Å². The highest BCUT2D eigenvalue weighted by Crippen LogP contribution is 2.28. The van der Waals surface area contributed by atoms with Crippen LogP contribution in [0.5, 0.6) is 0 Å². The molecule has 0 aliphatic rings. The van der Waals surface area contributed by atoms with Crippen LogP contribution < -0.4 is 5.32 Å². The van der Waals surface area contributed by atoms with E-state index >= 15 is 0 Å². The lowest BCUT2D eigenvalue weighted by Crippen LogP contribution is -2.16. The number of hydrogen-bond acceptors (Lipinski definition) is 4. The maximum absolute atomic E-state index is 13.8. The van der Waals surface area contributed by atoms with Crippen molar-refractivity contribution >= 4 is 23.5 Å². The topological polar surface area (TPSA) is 59.8 Å². The molecule has 0 saturated carbocycles. The van der Waals surface area contributed by atoms with Gasteiger partial charge in [0.2, 0.25) is 0 Å². The van der Waals surface area contributed by atoms with E-state index in [4.69, 9.17) is 0 Å². The Morgan fingerprint density at radius 2 is 2.00 bits per heavy atom. The van der Waals surface area contributed by atoms with E-state index in [2.05, 4.69) is 22.3 Å². The van der Waals surface area contributed by atoms with Crippen molar-refractivity contribution in [2.24, 2.45) is 0 Å². The smallest absolute Gasteiger partial charge is 0.259 e. The van der Waals surface area contributed by atoms with Gasteiger partial charge in [-0.2, -0.15) is 5.10 Å². The molecule has 1 N–H and O–H groups in total. The second kappa shape index (κ2) is 8.78. The lowest BCUT2D eigenvalue weighted by molar-refractivity contribution is 0.102. The van der Waals surface area contributed by atoms with Crippen molar-refractivity contribution in [2.45, 2.75) is 44.6 Å². The number of amides is 1. The fourth-order valence-corrected chi connectivity index (χ4v) is 3.55. The molecule has 0 bridgehead atoms. The molecule has 152 valence electrons. The first kappa shape index (κ1) is 21.0. The molecule has 2 aromatic heterocycles. The summed E-state index contributed by atoms with van der Waals surface area (Å²) in [7, 11) is 0. The first-order valence-corrected chi connectivity index (χ1v) is 10.5. The molecule has 3 rings (SSSR count). The Bertz CT molecular complexity index is 1010. The number of halogens is 1. The van der Waals surface area contributed by atoms with Crippen LogP contribution in [-0.4, -0.2) is 26.4 Å². The average molecular weight is 413 g/mol. The lowest BCUT2D eigenvalue weighted by Gasteiger charge is -2.14. The summed E-state index contributed by atoms with van der Waals surface area (Å²) in [6, 6.07) is 11.5. The standard InChI is InChI=1S/C22H25FN4OS/c1-5-12-29-21-17(10-7-11-24-21)20(28)25-19-14-18(22(2,3)4)26-27(19)16-9-6-8-15(23)13-16/h6-11,13-14H,5,12H2,1-4H3,(H,25,28). The number of pyridine rings is 1. The van der Waals surface area contributed by atoms with Gasteiger partial charge in [0.15, 0.2) is 0 Å². The highest BCUT2D eigenvalue weighted by atomic mass is 32.2.